The molecule has 2 aromatic carbocycles. The van der Waals surface area contributed by atoms with Crippen molar-refractivity contribution in [2.75, 3.05) is 19.4 Å². The molecule has 0 saturated heterocycles. The van der Waals surface area contributed by atoms with Gasteiger partial charge in [0.15, 0.2) is 0 Å². The second kappa shape index (κ2) is 12.3. The fourth-order valence-electron chi connectivity index (χ4n) is 3.01. The van der Waals surface area contributed by atoms with Crippen LogP contribution in [-0.2, 0) is 21.9 Å². The van der Waals surface area contributed by atoms with Crippen LogP contribution in [-0.4, -0.2) is 42.2 Å². The Morgan fingerprint density at radius 3 is 2.47 bits per heavy atom. The van der Waals surface area contributed by atoms with E-state index in [0.717, 1.165) is 34.6 Å². The lowest BCUT2D eigenvalue weighted by atomic mass is 10.1. The monoisotopic (exact) mass is 428 g/mol. The molecule has 0 aliphatic heterocycles. The minimum Gasteiger partial charge on any atom is -0.497 e. The summed E-state index contributed by atoms with van der Waals surface area (Å²) in [5.74, 6) is 1.72. The van der Waals surface area contributed by atoms with E-state index in [2.05, 4.69) is 5.32 Å². The largest absolute Gasteiger partial charge is 0.497 e. The summed E-state index contributed by atoms with van der Waals surface area (Å²) >= 11 is 1.55. The van der Waals surface area contributed by atoms with Crippen LogP contribution in [0.25, 0.3) is 0 Å². The van der Waals surface area contributed by atoms with Gasteiger partial charge in [0.1, 0.15) is 11.8 Å². The summed E-state index contributed by atoms with van der Waals surface area (Å²) in [6.07, 6.45) is 0.863. The van der Waals surface area contributed by atoms with Crippen LogP contribution in [0.5, 0.6) is 5.75 Å². The molecule has 1 N–H and O–H groups in total. The Morgan fingerprint density at radius 2 is 1.83 bits per heavy atom. The van der Waals surface area contributed by atoms with Gasteiger partial charge in [0.25, 0.3) is 0 Å². The smallest absolute Gasteiger partial charge is 0.242 e. The van der Waals surface area contributed by atoms with Crippen molar-refractivity contribution in [2.24, 2.45) is 0 Å². The van der Waals surface area contributed by atoms with Crippen molar-refractivity contribution in [3.8, 4) is 5.75 Å². The molecule has 0 radical (unpaired) electrons. The van der Waals surface area contributed by atoms with E-state index in [4.69, 9.17) is 4.74 Å². The number of methoxy groups -OCH3 is 1. The van der Waals surface area contributed by atoms with E-state index in [1.807, 2.05) is 62.4 Å². The Hall–Kier alpha value is -2.47. The number of amides is 2. The molecule has 0 fully saturated rings. The average molecular weight is 429 g/mol. The number of rotatable bonds is 11. The Balaban J connectivity index is 2.04. The molecule has 0 aliphatic rings. The molecule has 0 bridgehead atoms. The molecule has 0 heterocycles. The van der Waals surface area contributed by atoms with Gasteiger partial charge in [-0.05, 0) is 49.1 Å². The summed E-state index contributed by atoms with van der Waals surface area (Å²) in [4.78, 5) is 27.3. The molecular formula is C24H32N2O3S. The molecule has 5 nitrogen and oxygen atoms in total. The topological polar surface area (TPSA) is 58.6 Å². The molecule has 0 saturated carbocycles. The van der Waals surface area contributed by atoms with Crippen molar-refractivity contribution >= 4 is 23.6 Å². The first-order chi connectivity index (χ1) is 14.5. The Bertz CT molecular complexity index is 823. The first kappa shape index (κ1) is 23.8. The highest BCUT2D eigenvalue weighted by atomic mass is 32.2. The zero-order valence-electron chi connectivity index (χ0n) is 18.3. The molecule has 0 aliphatic carbocycles. The molecule has 1 unspecified atom stereocenters. The van der Waals surface area contributed by atoms with Crippen LogP contribution in [0.4, 0.5) is 0 Å². The highest BCUT2D eigenvalue weighted by molar-refractivity contribution is 7.99. The number of benzene rings is 2. The lowest BCUT2D eigenvalue weighted by Gasteiger charge is -2.29. The zero-order chi connectivity index (χ0) is 21.9. The van der Waals surface area contributed by atoms with Crippen molar-refractivity contribution in [3.63, 3.8) is 0 Å². The summed E-state index contributed by atoms with van der Waals surface area (Å²) in [6.45, 7) is 6.88. The van der Waals surface area contributed by atoms with Crippen LogP contribution < -0.4 is 10.1 Å². The summed E-state index contributed by atoms with van der Waals surface area (Å²) in [5.41, 5.74) is 3.30. The number of carbonyl (C=O) groups excluding carboxylic acids is 2. The number of aryl methyl sites for hydroxylation is 1. The van der Waals surface area contributed by atoms with E-state index in [1.165, 1.54) is 0 Å². The highest BCUT2D eigenvalue weighted by Gasteiger charge is 2.26. The first-order valence-electron chi connectivity index (χ1n) is 10.3. The van der Waals surface area contributed by atoms with Crippen molar-refractivity contribution in [1.29, 1.82) is 0 Å². The minimum atomic E-state index is -0.523. The maximum atomic E-state index is 13.1. The van der Waals surface area contributed by atoms with Gasteiger partial charge in [0.05, 0.1) is 12.9 Å². The van der Waals surface area contributed by atoms with Crippen LogP contribution in [0.2, 0.25) is 0 Å². The Labute approximate surface area is 184 Å². The van der Waals surface area contributed by atoms with Gasteiger partial charge in [-0.15, -0.1) is 11.8 Å². The minimum absolute atomic E-state index is 0.0316. The van der Waals surface area contributed by atoms with E-state index >= 15 is 0 Å². The predicted octanol–water partition coefficient (Wildman–Crippen LogP) is 4.18. The number of ether oxygens (including phenoxy) is 1. The Kier molecular flexibility index (Phi) is 9.74. The van der Waals surface area contributed by atoms with Gasteiger partial charge in [0.2, 0.25) is 11.8 Å². The second-order valence-electron chi connectivity index (χ2n) is 7.26. The van der Waals surface area contributed by atoms with E-state index in [0.29, 0.717) is 18.8 Å². The summed E-state index contributed by atoms with van der Waals surface area (Å²) in [5, 5.41) is 2.91. The molecule has 162 valence electrons. The summed E-state index contributed by atoms with van der Waals surface area (Å²) in [7, 11) is 1.64. The number of nitrogens with one attached hydrogen (secondary N) is 1. The van der Waals surface area contributed by atoms with Crippen molar-refractivity contribution < 1.29 is 14.3 Å². The number of hydrogen-bond donors (Lipinski definition) is 1. The molecule has 0 aromatic heterocycles. The normalized spacial score (nSPS) is 11.6. The van der Waals surface area contributed by atoms with Gasteiger partial charge in [0, 0.05) is 18.8 Å². The van der Waals surface area contributed by atoms with Gasteiger partial charge >= 0.3 is 0 Å². The number of hydrogen-bond acceptors (Lipinski definition) is 4. The molecule has 2 aromatic rings. The van der Waals surface area contributed by atoms with E-state index in [-0.39, 0.29) is 11.8 Å². The Morgan fingerprint density at radius 1 is 1.13 bits per heavy atom. The van der Waals surface area contributed by atoms with E-state index in [9.17, 15) is 9.59 Å². The maximum absolute atomic E-state index is 13.1. The maximum Gasteiger partial charge on any atom is 0.242 e. The number of carbonyl (C=O) groups is 2. The van der Waals surface area contributed by atoms with E-state index < -0.39 is 6.04 Å². The SMILES string of the molecule is CCCNC(=O)C(C)N(Cc1ccccc1C)C(=O)CSCc1ccc(OC)cc1. The standard InChI is InChI=1S/C24H32N2O3S/c1-5-14-25-24(28)19(3)26(15-21-9-7-6-8-18(21)2)23(27)17-30-16-20-10-12-22(29-4)13-11-20/h6-13,19H,5,14-17H2,1-4H3,(H,25,28). The molecule has 30 heavy (non-hydrogen) atoms. The molecule has 0 spiro atoms. The van der Waals surface area contributed by atoms with Crippen molar-refractivity contribution in [3.05, 3.63) is 65.2 Å². The van der Waals surface area contributed by atoms with Crippen LogP contribution in [0.3, 0.4) is 0 Å². The zero-order valence-corrected chi connectivity index (χ0v) is 19.1. The van der Waals surface area contributed by atoms with E-state index in [1.54, 1.807) is 30.7 Å². The summed E-state index contributed by atoms with van der Waals surface area (Å²) < 4.78 is 5.18. The van der Waals surface area contributed by atoms with Crippen molar-refractivity contribution in [1.82, 2.24) is 10.2 Å². The van der Waals surface area contributed by atoms with Gasteiger partial charge in [-0.2, -0.15) is 0 Å². The van der Waals surface area contributed by atoms with Crippen LogP contribution >= 0.6 is 11.8 Å². The van der Waals surface area contributed by atoms with Crippen molar-refractivity contribution in [2.45, 2.75) is 45.5 Å². The molecule has 6 heteroatoms. The fraction of sp³-hybridized carbons (Fsp3) is 0.417. The lowest BCUT2D eigenvalue weighted by Crippen LogP contribution is -2.48. The lowest BCUT2D eigenvalue weighted by molar-refractivity contribution is -0.138. The average Bonchev–Trinajstić information content (AvgIpc) is 2.76. The van der Waals surface area contributed by atoms with Gasteiger partial charge in [-0.25, -0.2) is 0 Å². The molecule has 1 atom stereocenters. The van der Waals surface area contributed by atoms with Gasteiger partial charge < -0.3 is 15.0 Å². The molecular weight excluding hydrogens is 396 g/mol. The molecule has 2 amide bonds. The van der Waals surface area contributed by atoms with Gasteiger partial charge in [-0.3, -0.25) is 9.59 Å². The third kappa shape index (κ3) is 7.10. The number of nitrogens with zero attached hydrogens (tertiary/aromatic N) is 1. The third-order valence-corrected chi connectivity index (χ3v) is 5.96. The summed E-state index contributed by atoms with van der Waals surface area (Å²) in [6, 6.07) is 15.3. The van der Waals surface area contributed by atoms with Crippen LogP contribution in [0.15, 0.2) is 48.5 Å². The van der Waals surface area contributed by atoms with Gasteiger partial charge in [-0.1, -0.05) is 43.3 Å². The third-order valence-electron chi connectivity index (χ3n) is 4.97. The number of thioether (sulfide) groups is 1. The second-order valence-corrected chi connectivity index (χ2v) is 8.24. The predicted molar refractivity (Wildman–Crippen MR) is 124 cm³/mol. The highest BCUT2D eigenvalue weighted by Crippen LogP contribution is 2.19. The van der Waals surface area contributed by atoms with Crippen LogP contribution in [0.1, 0.15) is 37.0 Å². The first-order valence-corrected chi connectivity index (χ1v) is 11.4. The molecule has 2 rings (SSSR count). The van der Waals surface area contributed by atoms with Crippen LogP contribution in [0, 0.1) is 6.92 Å². The quantitative estimate of drug-likeness (QED) is 0.583. The fourth-order valence-corrected chi connectivity index (χ4v) is 3.88.